The second kappa shape index (κ2) is 4.20. The molecule has 6 heteroatoms. The van der Waals surface area contributed by atoms with Gasteiger partial charge in [0.2, 0.25) is 11.7 Å². The SMILES string of the molecule is CC[C@H]1O[C@@]23CCCC[C@@H]2C(C#N)(C#N)[C@@]1(C#N)C(=N)O3. The molecule has 0 amide bonds. The number of nitrogens with zero attached hydrogens (tertiary/aromatic N) is 3. The summed E-state index contributed by atoms with van der Waals surface area (Å²) < 4.78 is 11.8. The highest BCUT2D eigenvalue weighted by molar-refractivity contribution is 5.88. The van der Waals surface area contributed by atoms with Crippen LogP contribution in [0.1, 0.15) is 39.0 Å². The van der Waals surface area contributed by atoms with E-state index in [2.05, 4.69) is 18.2 Å². The van der Waals surface area contributed by atoms with Gasteiger partial charge in [0.1, 0.15) is 0 Å². The first-order chi connectivity index (χ1) is 10.1. The zero-order chi connectivity index (χ0) is 15.3. The van der Waals surface area contributed by atoms with Gasteiger partial charge in [0.15, 0.2) is 10.8 Å². The molecule has 1 aliphatic carbocycles. The molecule has 6 nitrogen and oxygen atoms in total. The number of rotatable bonds is 1. The summed E-state index contributed by atoms with van der Waals surface area (Å²) >= 11 is 0. The van der Waals surface area contributed by atoms with Crippen molar-refractivity contribution in [3.8, 4) is 18.2 Å². The number of ether oxygens (including phenoxy) is 2. The maximum Gasteiger partial charge on any atom is 0.217 e. The number of nitrogens with one attached hydrogen (secondary N) is 1. The van der Waals surface area contributed by atoms with E-state index >= 15 is 0 Å². The van der Waals surface area contributed by atoms with E-state index in [1.807, 2.05) is 6.92 Å². The summed E-state index contributed by atoms with van der Waals surface area (Å²) in [6, 6.07) is 6.25. The number of fused-ring (bicyclic) bond motifs is 2. The van der Waals surface area contributed by atoms with Crippen LogP contribution in [0.15, 0.2) is 0 Å². The van der Waals surface area contributed by atoms with Crippen LogP contribution in [0.25, 0.3) is 0 Å². The minimum atomic E-state index is -1.63. The van der Waals surface area contributed by atoms with Crippen molar-refractivity contribution in [3.63, 3.8) is 0 Å². The molecule has 0 radical (unpaired) electrons. The molecule has 0 aromatic rings. The Hall–Kier alpha value is -2.10. The fraction of sp³-hybridized carbons (Fsp3) is 0.733. The molecule has 0 unspecified atom stereocenters. The van der Waals surface area contributed by atoms with E-state index in [1.165, 1.54) is 0 Å². The van der Waals surface area contributed by atoms with E-state index in [0.29, 0.717) is 19.3 Å². The van der Waals surface area contributed by atoms with Gasteiger partial charge >= 0.3 is 0 Å². The number of hydrogen-bond donors (Lipinski definition) is 1. The second-order valence-electron chi connectivity index (χ2n) is 6.01. The smallest absolute Gasteiger partial charge is 0.217 e. The van der Waals surface area contributed by atoms with Crippen LogP contribution in [0.3, 0.4) is 0 Å². The summed E-state index contributed by atoms with van der Waals surface area (Å²) in [5, 5.41) is 37.6. The maximum absolute atomic E-state index is 9.80. The van der Waals surface area contributed by atoms with Crippen molar-refractivity contribution >= 4 is 5.90 Å². The molecule has 4 aliphatic rings. The average molecular weight is 284 g/mol. The highest BCUT2D eigenvalue weighted by Gasteiger charge is 2.79. The number of hydrogen-bond acceptors (Lipinski definition) is 6. The lowest BCUT2D eigenvalue weighted by Gasteiger charge is -2.63. The van der Waals surface area contributed by atoms with Gasteiger partial charge in [-0.3, -0.25) is 5.41 Å². The van der Waals surface area contributed by atoms with Crippen LogP contribution in [0, 0.1) is 56.2 Å². The molecule has 1 N–H and O–H groups in total. The Kier molecular flexibility index (Phi) is 2.77. The third-order valence-corrected chi connectivity index (χ3v) is 5.30. The zero-order valence-electron chi connectivity index (χ0n) is 11.8. The minimum absolute atomic E-state index is 0.274. The summed E-state index contributed by atoms with van der Waals surface area (Å²) in [4.78, 5) is 0. The third kappa shape index (κ3) is 1.26. The van der Waals surface area contributed by atoms with Crippen LogP contribution in [-0.4, -0.2) is 17.8 Å². The Morgan fingerprint density at radius 3 is 2.52 bits per heavy atom. The van der Waals surface area contributed by atoms with Crippen molar-refractivity contribution in [1.29, 1.82) is 21.2 Å². The van der Waals surface area contributed by atoms with E-state index in [0.717, 1.165) is 12.8 Å². The summed E-state index contributed by atoms with van der Waals surface area (Å²) in [7, 11) is 0. The fourth-order valence-corrected chi connectivity index (χ4v) is 4.34. The molecule has 3 saturated heterocycles. The molecule has 4 fully saturated rings. The molecule has 108 valence electrons. The van der Waals surface area contributed by atoms with E-state index in [1.54, 1.807) is 0 Å². The summed E-state index contributed by atoms with van der Waals surface area (Å²) in [6.07, 6.45) is 2.70. The standard InChI is InChI=1S/C15H16N4O2/c1-2-11-14(9-18)12(19)21-15(20-11)6-4-3-5-10(15)13(14,7-16)8-17/h10-11,19H,2-6H2,1H3/t10-,11-,14-,15-/m1/s1. The molecule has 0 aromatic heterocycles. The largest absolute Gasteiger partial charge is 0.447 e. The van der Waals surface area contributed by atoms with Crippen LogP contribution >= 0.6 is 0 Å². The Morgan fingerprint density at radius 2 is 1.95 bits per heavy atom. The Morgan fingerprint density at radius 1 is 1.24 bits per heavy atom. The molecular formula is C15H16N4O2. The monoisotopic (exact) mass is 284 g/mol. The van der Waals surface area contributed by atoms with Crippen LogP contribution in [0.4, 0.5) is 0 Å². The highest BCUT2D eigenvalue weighted by atomic mass is 16.7. The Bertz CT molecular complexity index is 611. The summed E-state index contributed by atoms with van der Waals surface area (Å²) in [6.45, 7) is 1.84. The molecule has 1 spiro atoms. The predicted octanol–water partition coefficient (Wildman–Crippen LogP) is 2.23. The van der Waals surface area contributed by atoms with E-state index < -0.39 is 28.6 Å². The average Bonchev–Trinajstić information content (AvgIpc) is 2.52. The van der Waals surface area contributed by atoms with Gasteiger partial charge in [-0.05, 0) is 19.3 Å². The van der Waals surface area contributed by atoms with Crippen molar-refractivity contribution in [3.05, 3.63) is 0 Å². The fourth-order valence-electron chi connectivity index (χ4n) is 4.34. The van der Waals surface area contributed by atoms with E-state index in [-0.39, 0.29) is 5.90 Å². The summed E-state index contributed by atoms with van der Waals surface area (Å²) in [5.41, 5.74) is -3.20. The Labute approximate surface area is 123 Å². The van der Waals surface area contributed by atoms with Crippen LogP contribution in [0.2, 0.25) is 0 Å². The molecular weight excluding hydrogens is 268 g/mol. The molecule has 1 saturated carbocycles. The van der Waals surface area contributed by atoms with Crippen LogP contribution in [0.5, 0.6) is 0 Å². The van der Waals surface area contributed by atoms with Gasteiger partial charge in [-0.1, -0.05) is 13.3 Å². The van der Waals surface area contributed by atoms with Crippen molar-refractivity contribution in [2.75, 3.05) is 0 Å². The first-order valence-electron chi connectivity index (χ1n) is 7.26. The van der Waals surface area contributed by atoms with Crippen molar-refractivity contribution in [2.24, 2.45) is 16.7 Å². The zero-order valence-corrected chi connectivity index (χ0v) is 11.8. The van der Waals surface area contributed by atoms with Gasteiger partial charge in [-0.2, -0.15) is 15.8 Å². The third-order valence-electron chi connectivity index (χ3n) is 5.30. The molecule has 3 aliphatic heterocycles. The lowest BCUT2D eigenvalue weighted by atomic mass is 9.48. The maximum atomic E-state index is 9.80. The lowest BCUT2D eigenvalue weighted by Crippen LogP contribution is -2.75. The van der Waals surface area contributed by atoms with Crippen molar-refractivity contribution in [1.82, 2.24) is 0 Å². The topological polar surface area (TPSA) is 114 Å². The molecule has 2 bridgehead atoms. The van der Waals surface area contributed by atoms with E-state index in [9.17, 15) is 15.8 Å². The van der Waals surface area contributed by atoms with Crippen molar-refractivity contribution < 1.29 is 9.47 Å². The van der Waals surface area contributed by atoms with Crippen molar-refractivity contribution in [2.45, 2.75) is 50.9 Å². The second-order valence-corrected chi connectivity index (χ2v) is 6.01. The summed E-state index contributed by atoms with van der Waals surface area (Å²) in [5.74, 6) is -1.84. The first kappa shape index (κ1) is 13.9. The van der Waals surface area contributed by atoms with Gasteiger partial charge in [0, 0.05) is 6.42 Å². The lowest BCUT2D eigenvalue weighted by molar-refractivity contribution is -0.357. The highest BCUT2D eigenvalue weighted by Crippen LogP contribution is 2.66. The van der Waals surface area contributed by atoms with Gasteiger partial charge in [0.25, 0.3) is 0 Å². The van der Waals surface area contributed by atoms with Gasteiger partial charge in [-0.15, -0.1) is 0 Å². The van der Waals surface area contributed by atoms with Crippen LogP contribution < -0.4 is 0 Å². The van der Waals surface area contributed by atoms with E-state index in [4.69, 9.17) is 14.9 Å². The first-order valence-corrected chi connectivity index (χ1v) is 7.26. The minimum Gasteiger partial charge on any atom is -0.447 e. The molecule has 4 rings (SSSR count). The number of nitriles is 3. The molecule has 4 atom stereocenters. The van der Waals surface area contributed by atoms with Gasteiger partial charge in [0.05, 0.1) is 30.2 Å². The van der Waals surface area contributed by atoms with Gasteiger partial charge in [-0.25, -0.2) is 0 Å². The van der Waals surface area contributed by atoms with Crippen LogP contribution in [-0.2, 0) is 9.47 Å². The van der Waals surface area contributed by atoms with Gasteiger partial charge < -0.3 is 9.47 Å². The Balaban J connectivity index is 2.31. The molecule has 21 heavy (non-hydrogen) atoms. The molecule has 0 aromatic carbocycles. The normalized spacial score (nSPS) is 42.9. The quantitative estimate of drug-likeness (QED) is 0.793. The predicted molar refractivity (Wildman–Crippen MR) is 70.4 cm³/mol. The molecule has 3 heterocycles.